The summed E-state index contributed by atoms with van der Waals surface area (Å²) in [7, 11) is 0. The molecule has 12 heteroatoms. The van der Waals surface area contributed by atoms with Crippen molar-refractivity contribution < 1.29 is 48.1 Å². The maximum Gasteiger partial charge on any atom is 0.142 e. The zero-order valence-corrected chi connectivity index (χ0v) is 33.7. The van der Waals surface area contributed by atoms with Gasteiger partial charge < -0.3 is 24.8 Å². The Morgan fingerprint density at radius 2 is 0.900 bits per heavy atom. The third-order valence-corrected chi connectivity index (χ3v) is 7.85. The number of aromatic nitrogens is 8. The van der Waals surface area contributed by atoms with Crippen molar-refractivity contribution in [3.05, 3.63) is 132 Å². The maximum absolute atomic E-state index is 4.05. The zero-order valence-electron chi connectivity index (χ0n) is 28.7. The number of rotatable bonds is 4. The number of benzene rings is 4. The fourth-order valence-electron chi connectivity index (χ4n) is 5.65. The normalized spacial score (nSPS) is 10.4. The van der Waals surface area contributed by atoms with Crippen LogP contribution in [0.5, 0.6) is 0 Å². The van der Waals surface area contributed by atoms with E-state index in [1.807, 2.05) is 0 Å². The molecular formula is C38H36Cl2N8SiZr-2. The molecule has 2 aromatic heterocycles. The van der Waals surface area contributed by atoms with Crippen molar-refractivity contribution in [2.24, 2.45) is 0 Å². The maximum atomic E-state index is 4.05. The van der Waals surface area contributed by atoms with Crippen LogP contribution in [0.3, 0.4) is 0 Å². The van der Waals surface area contributed by atoms with E-state index in [-0.39, 0.29) is 30.2 Å². The van der Waals surface area contributed by atoms with Gasteiger partial charge in [-0.15, -0.1) is 67.1 Å². The van der Waals surface area contributed by atoms with Crippen LogP contribution in [-0.4, -0.2) is 45.8 Å². The molecule has 0 saturated heterocycles. The second-order valence-electron chi connectivity index (χ2n) is 12.3. The Labute approximate surface area is 319 Å². The first-order valence-electron chi connectivity index (χ1n) is 15.7. The number of tetrazole rings is 2. The Balaban J connectivity index is 0.000000196. The topological polar surface area (TPSA) is 87.2 Å². The van der Waals surface area contributed by atoms with Crippen molar-refractivity contribution in [2.75, 3.05) is 0 Å². The van der Waals surface area contributed by atoms with Gasteiger partial charge in [0.15, 0.2) is 0 Å². The van der Waals surface area contributed by atoms with Crippen molar-refractivity contribution in [2.45, 2.75) is 40.8 Å². The summed E-state index contributed by atoms with van der Waals surface area (Å²) < 4.78 is 3.44. The van der Waals surface area contributed by atoms with Crippen LogP contribution >= 0.6 is 0 Å². The van der Waals surface area contributed by atoms with Crippen LogP contribution in [0.4, 0.5) is 0 Å². The molecule has 0 aliphatic carbocycles. The molecule has 0 N–H and O–H groups in total. The molecule has 0 spiro atoms. The second-order valence-corrected chi connectivity index (χ2v) is 21.7. The zero-order chi connectivity index (χ0) is 33.8. The number of aryl methyl sites for hydroxylation is 4. The Morgan fingerprint density at radius 3 is 1.22 bits per heavy atom. The first-order chi connectivity index (χ1) is 23.1. The fraction of sp³-hybridized carbons (Fsp3) is 0.158. The van der Waals surface area contributed by atoms with Gasteiger partial charge in [0.25, 0.3) is 0 Å². The average Bonchev–Trinajstić information content (AvgIpc) is 3.88. The van der Waals surface area contributed by atoms with Crippen molar-refractivity contribution >= 4 is 27.0 Å². The molecule has 50 heavy (non-hydrogen) atoms. The van der Waals surface area contributed by atoms with Crippen LogP contribution in [-0.2, 0) is 23.3 Å². The summed E-state index contributed by atoms with van der Waals surface area (Å²) in [6, 6.07) is 34.6. The van der Waals surface area contributed by atoms with Gasteiger partial charge in [0.05, 0.1) is 0 Å². The number of hydrogen-bond acceptors (Lipinski definition) is 6. The van der Waals surface area contributed by atoms with E-state index < -0.39 is 0 Å². The van der Waals surface area contributed by atoms with E-state index in [9.17, 15) is 0 Å². The van der Waals surface area contributed by atoms with Crippen molar-refractivity contribution in [3.8, 4) is 33.6 Å². The molecule has 8 rings (SSSR count). The fourth-order valence-corrected chi connectivity index (χ4v) is 5.65. The van der Waals surface area contributed by atoms with Crippen LogP contribution in [0.25, 0.3) is 55.2 Å². The summed E-state index contributed by atoms with van der Waals surface area (Å²) in [5, 5.41) is 27.9. The Hall–Kier alpha value is -4.08. The van der Waals surface area contributed by atoms with E-state index in [1.54, 1.807) is 45.4 Å². The minimum Gasteiger partial charge on any atom is -1.00 e. The monoisotopic (exact) mass is 792 g/mol. The van der Waals surface area contributed by atoms with Crippen molar-refractivity contribution in [1.82, 2.24) is 40.4 Å². The Bertz CT molecular complexity index is 2150. The average molecular weight is 795 g/mol. The second kappa shape index (κ2) is 17.2. The molecule has 0 atom stereocenters. The molecule has 0 radical (unpaired) electrons. The van der Waals surface area contributed by atoms with Crippen LogP contribution in [0.1, 0.15) is 22.3 Å². The van der Waals surface area contributed by atoms with Crippen LogP contribution < -0.4 is 24.8 Å². The van der Waals surface area contributed by atoms with E-state index in [0.29, 0.717) is 0 Å². The molecule has 0 bridgehead atoms. The molecule has 8 aromatic rings. The third kappa shape index (κ3) is 9.17. The quantitative estimate of drug-likeness (QED) is 0.201. The van der Waals surface area contributed by atoms with Gasteiger partial charge in [-0.1, -0.05) is 84.6 Å². The van der Waals surface area contributed by atoms with Gasteiger partial charge in [-0.3, -0.25) is 0 Å². The minimum atomic E-state index is 0. The Kier molecular flexibility index (Phi) is 13.3. The van der Waals surface area contributed by atoms with Gasteiger partial charge in [0.2, 0.25) is 0 Å². The predicted octanol–water partition coefficient (Wildman–Crippen LogP) is 2.43. The number of nitrogens with zero attached hydrogens (tertiary/aromatic N) is 8. The molecule has 0 saturated carbocycles. The summed E-state index contributed by atoms with van der Waals surface area (Å²) in [5.41, 5.74) is 12.0. The molecule has 0 amide bonds. The summed E-state index contributed by atoms with van der Waals surface area (Å²) in [4.78, 5) is 0. The van der Waals surface area contributed by atoms with Crippen LogP contribution in [0, 0.1) is 27.7 Å². The number of hydrogen-bond donors (Lipinski definition) is 0. The summed E-state index contributed by atoms with van der Waals surface area (Å²) in [6.45, 7) is 13.0. The van der Waals surface area contributed by atoms with E-state index in [2.05, 4.69) is 169 Å². The van der Waals surface area contributed by atoms with Crippen LogP contribution in [0.2, 0.25) is 13.1 Å². The predicted molar refractivity (Wildman–Crippen MR) is 192 cm³/mol. The van der Waals surface area contributed by atoms with Gasteiger partial charge >= 0.3 is 41.9 Å². The summed E-state index contributed by atoms with van der Waals surface area (Å²) in [6.07, 6.45) is 3.27. The van der Waals surface area contributed by atoms with Gasteiger partial charge in [-0.2, -0.15) is 12.1 Å². The molecule has 252 valence electrons. The van der Waals surface area contributed by atoms with E-state index >= 15 is 0 Å². The van der Waals surface area contributed by atoms with Gasteiger partial charge in [0, 0.05) is 11.4 Å². The summed E-state index contributed by atoms with van der Waals surface area (Å²) >= 11 is 1.74. The SMILES string of the molecule is C[Si](C)=[Zr+2].Cc1ccc(-c2cc(-n3cnnn3)c3cc(C)[cH-]c3c2)cc1.Cc1ccc(-c2cc(-n3cnnn3)c3cc(C)[cH-]c3c2)cc1.[Cl-].[Cl-]. The van der Waals surface area contributed by atoms with Gasteiger partial charge in [0.1, 0.15) is 12.7 Å². The number of halogens is 2. The standard InChI is InChI=1S/2C18H15N4.C2H6Si.2ClH.Zr/c2*1-12-3-5-14(6-4-12)15-9-16-7-13(2)8-17(16)18(10-15)22-11-19-20-21-22;1-3-2;;;/h2*3-11H,1-2H3;1-2H3;2*1H;/q2*-1;;;;+2/p-2. The molecule has 0 aliphatic heterocycles. The molecule has 8 nitrogen and oxygen atoms in total. The molecule has 6 aromatic carbocycles. The van der Waals surface area contributed by atoms with E-state index in [1.165, 1.54) is 66.1 Å². The molecule has 0 fully saturated rings. The molecule has 0 unspecified atom stereocenters. The molecule has 2 heterocycles. The largest absolute Gasteiger partial charge is 1.00 e. The number of fused-ring (bicyclic) bond motifs is 2. The smallest absolute Gasteiger partial charge is 0.142 e. The summed E-state index contributed by atoms with van der Waals surface area (Å²) in [5.74, 6) is 0. The first-order valence-corrected chi connectivity index (χ1v) is 21.9. The van der Waals surface area contributed by atoms with Crippen molar-refractivity contribution in [3.63, 3.8) is 0 Å². The van der Waals surface area contributed by atoms with Gasteiger partial charge in [-0.25, -0.2) is 9.36 Å². The molecular weight excluding hydrogens is 759 g/mol. The first kappa shape index (κ1) is 38.7. The molecule has 0 aliphatic rings. The third-order valence-electron chi connectivity index (χ3n) is 7.85. The van der Waals surface area contributed by atoms with Crippen molar-refractivity contribution in [1.29, 1.82) is 0 Å². The Morgan fingerprint density at radius 1 is 0.540 bits per heavy atom. The minimum absolute atomic E-state index is 0. The van der Waals surface area contributed by atoms with E-state index in [0.717, 1.165) is 11.4 Å². The van der Waals surface area contributed by atoms with Gasteiger partial charge in [-0.05, 0) is 58.0 Å². The van der Waals surface area contributed by atoms with E-state index in [4.69, 9.17) is 0 Å². The van der Waals surface area contributed by atoms with Crippen LogP contribution in [0.15, 0.2) is 110 Å².